The van der Waals surface area contributed by atoms with E-state index in [4.69, 9.17) is 4.74 Å². The van der Waals surface area contributed by atoms with Gasteiger partial charge in [0.15, 0.2) is 0 Å². The highest BCUT2D eigenvalue weighted by Gasteiger charge is 2.15. The molecule has 0 unspecified atom stereocenters. The van der Waals surface area contributed by atoms with Gasteiger partial charge in [0.2, 0.25) is 0 Å². The Morgan fingerprint density at radius 2 is 1.89 bits per heavy atom. The largest absolute Gasteiger partial charge is 0.465 e. The zero-order valence-corrected chi connectivity index (χ0v) is 16.0. The Balaban J connectivity index is 1.60. The van der Waals surface area contributed by atoms with E-state index in [1.807, 2.05) is 28.8 Å². The van der Waals surface area contributed by atoms with Crippen LogP contribution in [0.4, 0.5) is 0 Å². The van der Waals surface area contributed by atoms with E-state index in [2.05, 4.69) is 16.4 Å². The maximum atomic E-state index is 12.3. The summed E-state index contributed by atoms with van der Waals surface area (Å²) in [6.45, 7) is 2.86. The molecule has 0 amide bonds. The van der Waals surface area contributed by atoms with Crippen LogP contribution in [0.2, 0.25) is 0 Å². The number of aromatic nitrogens is 2. The van der Waals surface area contributed by atoms with Crippen molar-refractivity contribution in [3.63, 3.8) is 0 Å². The summed E-state index contributed by atoms with van der Waals surface area (Å²) in [6.07, 6.45) is 5.15. The summed E-state index contributed by atoms with van der Waals surface area (Å²) in [5.41, 5.74) is 2.35. The van der Waals surface area contributed by atoms with E-state index in [0.717, 1.165) is 48.1 Å². The quantitative estimate of drug-likeness (QED) is 0.668. The third kappa shape index (κ3) is 3.73. The number of nitrogens with zero attached hydrogens (tertiary/aromatic N) is 1. The number of carbonyl (C=O) groups excluding carboxylic acids is 1. The van der Waals surface area contributed by atoms with Crippen LogP contribution in [0.3, 0.4) is 0 Å². The average molecular weight is 379 g/mol. The van der Waals surface area contributed by atoms with Gasteiger partial charge in [0, 0.05) is 18.3 Å². The maximum absolute atomic E-state index is 12.3. The lowest BCUT2D eigenvalue weighted by molar-refractivity contribution is 0.0601. The molecule has 0 saturated carbocycles. The van der Waals surface area contributed by atoms with Crippen LogP contribution in [0.25, 0.3) is 22.0 Å². The second-order valence-electron chi connectivity index (χ2n) is 7.38. The van der Waals surface area contributed by atoms with Gasteiger partial charge in [-0.1, -0.05) is 18.2 Å². The summed E-state index contributed by atoms with van der Waals surface area (Å²) in [6, 6.07) is 11.5. The van der Waals surface area contributed by atoms with Gasteiger partial charge < -0.3 is 15.0 Å². The first-order valence-corrected chi connectivity index (χ1v) is 9.77. The number of hydrogen-bond acceptors (Lipinski definition) is 4. The second-order valence-corrected chi connectivity index (χ2v) is 7.38. The molecule has 2 heterocycles. The van der Waals surface area contributed by atoms with Crippen LogP contribution in [-0.2, 0) is 11.3 Å². The van der Waals surface area contributed by atoms with Gasteiger partial charge in [0.05, 0.1) is 18.4 Å². The topological polar surface area (TPSA) is 76.1 Å². The fourth-order valence-corrected chi connectivity index (χ4v) is 3.99. The average Bonchev–Trinajstić information content (AvgIpc) is 3.12. The predicted octanol–water partition coefficient (Wildman–Crippen LogP) is 3.17. The number of esters is 1. The highest BCUT2D eigenvalue weighted by atomic mass is 16.5. The van der Waals surface area contributed by atoms with E-state index < -0.39 is 0 Å². The summed E-state index contributed by atoms with van der Waals surface area (Å²) in [7, 11) is 1.38. The minimum Gasteiger partial charge on any atom is -0.465 e. The summed E-state index contributed by atoms with van der Waals surface area (Å²) >= 11 is 0. The summed E-state index contributed by atoms with van der Waals surface area (Å²) in [4.78, 5) is 26.9. The van der Waals surface area contributed by atoms with Gasteiger partial charge in [-0.15, -0.1) is 0 Å². The van der Waals surface area contributed by atoms with Gasteiger partial charge in [0.1, 0.15) is 0 Å². The number of rotatable bonds is 5. The summed E-state index contributed by atoms with van der Waals surface area (Å²) < 4.78 is 6.63. The molecular weight excluding hydrogens is 354 g/mol. The molecule has 0 aliphatic carbocycles. The Morgan fingerprint density at radius 1 is 1.14 bits per heavy atom. The van der Waals surface area contributed by atoms with Crippen molar-refractivity contribution in [3.05, 3.63) is 58.6 Å². The first-order valence-electron chi connectivity index (χ1n) is 9.77. The first-order chi connectivity index (χ1) is 13.7. The number of imidazole rings is 1. The normalized spacial score (nSPS) is 15.0. The lowest BCUT2D eigenvalue weighted by Crippen LogP contribution is -2.29. The Hall–Kier alpha value is -2.86. The molecule has 1 aliphatic rings. The van der Waals surface area contributed by atoms with Crippen molar-refractivity contribution in [2.75, 3.05) is 20.2 Å². The van der Waals surface area contributed by atoms with Crippen molar-refractivity contribution in [1.82, 2.24) is 14.9 Å². The maximum Gasteiger partial charge on any atom is 0.337 e. The molecule has 0 radical (unpaired) electrons. The molecule has 0 atom stereocenters. The number of carbonyl (C=O) groups is 1. The molecule has 4 rings (SSSR count). The zero-order chi connectivity index (χ0) is 19.5. The minimum atomic E-state index is -0.344. The molecule has 2 N–H and O–H groups in total. The molecule has 1 aliphatic heterocycles. The lowest BCUT2D eigenvalue weighted by Gasteiger charge is -2.22. The second kappa shape index (κ2) is 8.02. The lowest BCUT2D eigenvalue weighted by atomic mass is 9.94. The highest BCUT2D eigenvalue weighted by Crippen LogP contribution is 2.26. The highest BCUT2D eigenvalue weighted by molar-refractivity contribution is 5.96. The van der Waals surface area contributed by atoms with Crippen molar-refractivity contribution < 1.29 is 9.53 Å². The molecule has 0 spiro atoms. The van der Waals surface area contributed by atoms with Gasteiger partial charge in [-0.2, -0.15) is 0 Å². The predicted molar refractivity (Wildman–Crippen MR) is 110 cm³/mol. The molecule has 28 heavy (non-hydrogen) atoms. The van der Waals surface area contributed by atoms with E-state index in [1.54, 1.807) is 12.3 Å². The molecule has 1 saturated heterocycles. The van der Waals surface area contributed by atoms with Gasteiger partial charge in [-0.25, -0.2) is 9.59 Å². The summed E-state index contributed by atoms with van der Waals surface area (Å²) in [5, 5.41) is 5.37. The Kier molecular flexibility index (Phi) is 5.30. The standard InChI is InChI=1S/C22H25N3O3/c1-28-21(26)19-5-3-16-12-18(4-2-17(16)13-19)20-14-24-22(27)25(20)11-8-15-6-9-23-10-7-15/h2-5,12-15,23H,6-11H2,1H3,(H,24,27). The number of methoxy groups -OCH3 is 1. The number of fused-ring (bicyclic) bond motifs is 1. The Labute approximate surface area is 163 Å². The Bertz CT molecular complexity index is 1040. The number of ether oxygens (including phenoxy) is 1. The van der Waals surface area contributed by atoms with E-state index in [1.165, 1.54) is 20.0 Å². The van der Waals surface area contributed by atoms with Crippen LogP contribution in [-0.4, -0.2) is 35.7 Å². The zero-order valence-electron chi connectivity index (χ0n) is 16.0. The van der Waals surface area contributed by atoms with E-state index in [9.17, 15) is 9.59 Å². The van der Waals surface area contributed by atoms with Crippen molar-refractivity contribution >= 4 is 16.7 Å². The summed E-state index contributed by atoms with van der Waals surface area (Å²) in [5.74, 6) is 0.326. The molecule has 0 bridgehead atoms. The fraction of sp³-hybridized carbons (Fsp3) is 0.364. The van der Waals surface area contributed by atoms with Crippen LogP contribution in [0, 0.1) is 5.92 Å². The molecule has 2 aromatic carbocycles. The molecule has 3 aromatic rings. The van der Waals surface area contributed by atoms with Crippen molar-refractivity contribution in [2.45, 2.75) is 25.8 Å². The number of piperidine rings is 1. The van der Waals surface area contributed by atoms with Crippen LogP contribution in [0.5, 0.6) is 0 Å². The Morgan fingerprint density at radius 3 is 2.68 bits per heavy atom. The fourth-order valence-electron chi connectivity index (χ4n) is 3.99. The third-order valence-electron chi connectivity index (χ3n) is 5.65. The SMILES string of the molecule is COC(=O)c1ccc2cc(-c3c[nH]c(=O)n3CCC3CCNCC3)ccc2c1. The van der Waals surface area contributed by atoms with E-state index in [-0.39, 0.29) is 11.7 Å². The molecule has 146 valence electrons. The number of H-pyrrole nitrogens is 1. The van der Waals surface area contributed by atoms with Crippen molar-refractivity contribution in [1.29, 1.82) is 0 Å². The van der Waals surface area contributed by atoms with Gasteiger partial charge in [0.25, 0.3) is 0 Å². The molecule has 6 nitrogen and oxygen atoms in total. The van der Waals surface area contributed by atoms with Crippen LogP contribution in [0.1, 0.15) is 29.6 Å². The number of hydrogen-bond donors (Lipinski definition) is 2. The molecule has 1 fully saturated rings. The van der Waals surface area contributed by atoms with Gasteiger partial charge in [-0.05, 0) is 67.2 Å². The van der Waals surface area contributed by atoms with Crippen LogP contribution < -0.4 is 11.0 Å². The minimum absolute atomic E-state index is 0.0647. The van der Waals surface area contributed by atoms with E-state index >= 15 is 0 Å². The third-order valence-corrected chi connectivity index (χ3v) is 5.65. The smallest absolute Gasteiger partial charge is 0.337 e. The molecule has 6 heteroatoms. The first kappa shape index (κ1) is 18.5. The van der Waals surface area contributed by atoms with Crippen molar-refractivity contribution in [2.24, 2.45) is 5.92 Å². The number of nitrogens with one attached hydrogen (secondary N) is 2. The number of benzene rings is 2. The monoisotopic (exact) mass is 379 g/mol. The van der Waals surface area contributed by atoms with E-state index in [0.29, 0.717) is 11.5 Å². The molecular formula is C22H25N3O3. The molecule has 1 aromatic heterocycles. The van der Waals surface area contributed by atoms with Gasteiger partial charge in [-0.3, -0.25) is 4.57 Å². The van der Waals surface area contributed by atoms with Crippen LogP contribution >= 0.6 is 0 Å². The van der Waals surface area contributed by atoms with Crippen molar-refractivity contribution in [3.8, 4) is 11.3 Å². The van der Waals surface area contributed by atoms with Crippen LogP contribution in [0.15, 0.2) is 47.4 Å². The van der Waals surface area contributed by atoms with Gasteiger partial charge >= 0.3 is 11.7 Å². The number of aromatic amines is 1.